The molecule has 1 saturated carbocycles. The highest BCUT2D eigenvalue weighted by Gasteiger charge is 2.43. The Morgan fingerprint density at radius 1 is 1.05 bits per heavy atom. The van der Waals surface area contributed by atoms with Crippen molar-refractivity contribution in [1.82, 2.24) is 0 Å². The molecule has 0 spiro atoms. The number of halogens is 1. The fraction of sp³-hybridized carbons (Fsp3) is 0.333. The Balaban J connectivity index is 1.78. The molecule has 0 aromatic heterocycles. The Bertz CT molecular complexity index is 573. The van der Waals surface area contributed by atoms with Crippen molar-refractivity contribution in [3.63, 3.8) is 0 Å². The van der Waals surface area contributed by atoms with E-state index in [1.54, 1.807) is 0 Å². The Labute approximate surface area is 124 Å². The molecule has 1 aliphatic rings. The molecule has 2 aromatic rings. The molecule has 0 nitrogen and oxygen atoms in total. The molecule has 0 radical (unpaired) electrons. The smallest absolute Gasteiger partial charge is 0.0432 e. The van der Waals surface area contributed by atoms with Crippen molar-refractivity contribution in [2.24, 2.45) is 5.92 Å². The van der Waals surface area contributed by atoms with Crippen LogP contribution in [0.1, 0.15) is 39.4 Å². The minimum Gasteiger partial charge on any atom is -0.0835 e. The number of benzene rings is 2. The summed E-state index contributed by atoms with van der Waals surface area (Å²) in [5, 5.41) is 0. The van der Waals surface area contributed by atoms with Crippen LogP contribution in [0.25, 0.3) is 0 Å². The molecule has 0 heterocycles. The first kappa shape index (κ1) is 12.9. The molecule has 0 aliphatic heterocycles. The highest BCUT2D eigenvalue weighted by atomic mass is 79.9. The predicted molar refractivity (Wildman–Crippen MR) is 84.9 cm³/mol. The summed E-state index contributed by atoms with van der Waals surface area (Å²) in [5.74, 6) is 1.47. The van der Waals surface area contributed by atoms with Gasteiger partial charge in [-0.05, 0) is 48.8 Å². The normalized spacial score (nSPS) is 23.1. The first-order chi connectivity index (χ1) is 9.16. The lowest BCUT2D eigenvalue weighted by Crippen LogP contribution is -1.98. The molecular weight excluding hydrogens is 296 g/mol. The van der Waals surface area contributed by atoms with Crippen LogP contribution in [-0.2, 0) is 0 Å². The average molecular weight is 315 g/mol. The van der Waals surface area contributed by atoms with Crippen LogP contribution in [0, 0.1) is 19.8 Å². The van der Waals surface area contributed by atoms with E-state index in [9.17, 15) is 0 Å². The molecule has 0 bridgehead atoms. The van der Waals surface area contributed by atoms with Crippen molar-refractivity contribution in [3.05, 3.63) is 70.8 Å². The van der Waals surface area contributed by atoms with E-state index in [1.807, 2.05) is 0 Å². The van der Waals surface area contributed by atoms with Gasteiger partial charge >= 0.3 is 0 Å². The number of aryl methyl sites for hydroxylation is 2. The van der Waals surface area contributed by atoms with Gasteiger partial charge in [0.25, 0.3) is 0 Å². The van der Waals surface area contributed by atoms with E-state index < -0.39 is 0 Å². The van der Waals surface area contributed by atoms with E-state index in [4.69, 9.17) is 0 Å². The first-order valence-electron chi connectivity index (χ1n) is 6.93. The first-order valence-corrected chi connectivity index (χ1v) is 7.84. The van der Waals surface area contributed by atoms with Gasteiger partial charge < -0.3 is 0 Å². The zero-order valence-corrected chi connectivity index (χ0v) is 13.0. The summed E-state index contributed by atoms with van der Waals surface area (Å²) in [7, 11) is 0. The van der Waals surface area contributed by atoms with Crippen LogP contribution in [0.15, 0.2) is 48.5 Å². The van der Waals surface area contributed by atoms with Gasteiger partial charge in [0.1, 0.15) is 0 Å². The van der Waals surface area contributed by atoms with E-state index in [-0.39, 0.29) is 0 Å². The van der Waals surface area contributed by atoms with E-state index in [0.717, 1.165) is 11.8 Å². The summed E-state index contributed by atoms with van der Waals surface area (Å²) in [6.45, 7) is 4.38. The topological polar surface area (TPSA) is 0 Å². The monoisotopic (exact) mass is 314 g/mol. The van der Waals surface area contributed by atoms with Crippen LogP contribution in [0.2, 0.25) is 0 Å². The molecule has 2 aromatic carbocycles. The minimum absolute atomic E-state index is 0.485. The van der Waals surface area contributed by atoms with Gasteiger partial charge in [-0.15, -0.1) is 0 Å². The second-order valence-corrected chi connectivity index (χ2v) is 6.67. The highest BCUT2D eigenvalue weighted by Crippen LogP contribution is 2.57. The molecule has 1 aliphatic carbocycles. The van der Waals surface area contributed by atoms with Gasteiger partial charge in [-0.25, -0.2) is 0 Å². The summed E-state index contributed by atoms with van der Waals surface area (Å²) in [6.07, 6.45) is 1.30. The summed E-state index contributed by atoms with van der Waals surface area (Å²) < 4.78 is 0. The molecule has 19 heavy (non-hydrogen) atoms. The quantitative estimate of drug-likeness (QED) is 0.652. The number of alkyl halides is 1. The van der Waals surface area contributed by atoms with Crippen LogP contribution >= 0.6 is 15.9 Å². The summed E-state index contributed by atoms with van der Waals surface area (Å²) in [6, 6.07) is 17.7. The third-order valence-electron chi connectivity index (χ3n) is 4.17. The Morgan fingerprint density at radius 3 is 2.47 bits per heavy atom. The van der Waals surface area contributed by atoms with Crippen LogP contribution in [0.5, 0.6) is 0 Å². The summed E-state index contributed by atoms with van der Waals surface area (Å²) >= 11 is 3.93. The molecule has 0 saturated heterocycles. The van der Waals surface area contributed by atoms with E-state index >= 15 is 0 Å². The molecule has 0 amide bonds. The molecule has 1 fully saturated rings. The fourth-order valence-electron chi connectivity index (χ4n) is 2.99. The maximum absolute atomic E-state index is 3.93. The fourth-order valence-corrected chi connectivity index (χ4v) is 4.09. The van der Waals surface area contributed by atoms with E-state index in [2.05, 4.69) is 78.3 Å². The number of rotatable bonds is 3. The van der Waals surface area contributed by atoms with Crippen molar-refractivity contribution in [2.45, 2.75) is 31.0 Å². The second kappa shape index (κ2) is 5.13. The van der Waals surface area contributed by atoms with Gasteiger partial charge in [-0.2, -0.15) is 0 Å². The van der Waals surface area contributed by atoms with Crippen LogP contribution in [0.3, 0.4) is 0 Å². The zero-order valence-electron chi connectivity index (χ0n) is 11.4. The zero-order chi connectivity index (χ0) is 13.4. The van der Waals surface area contributed by atoms with Gasteiger partial charge in [-0.1, -0.05) is 70.0 Å². The Kier molecular flexibility index (Phi) is 3.49. The maximum atomic E-state index is 3.93. The maximum Gasteiger partial charge on any atom is 0.0432 e. The highest BCUT2D eigenvalue weighted by molar-refractivity contribution is 9.09. The standard InChI is InChI=1S/C18H19Br/c1-12-8-9-15(13(2)10-12)18(19)17-11-16(17)14-6-4-3-5-7-14/h3-10,16-18H,11H2,1-2H3. The number of hydrogen-bond donors (Lipinski definition) is 0. The van der Waals surface area contributed by atoms with Crippen molar-refractivity contribution in [1.29, 1.82) is 0 Å². The summed E-state index contributed by atoms with van der Waals surface area (Å²) in [5.41, 5.74) is 5.69. The van der Waals surface area contributed by atoms with Gasteiger partial charge in [0.15, 0.2) is 0 Å². The Hall–Kier alpha value is -1.08. The SMILES string of the molecule is Cc1ccc(C(Br)C2CC2c2ccccc2)c(C)c1. The van der Waals surface area contributed by atoms with Crippen LogP contribution < -0.4 is 0 Å². The average Bonchev–Trinajstić information content (AvgIpc) is 3.19. The third-order valence-corrected chi connectivity index (χ3v) is 5.34. The predicted octanol–water partition coefficient (Wildman–Crippen LogP) is 5.54. The molecule has 98 valence electrons. The molecule has 3 unspecified atom stereocenters. The third kappa shape index (κ3) is 2.62. The summed E-state index contributed by atoms with van der Waals surface area (Å²) in [4.78, 5) is 0.485. The van der Waals surface area contributed by atoms with Crippen LogP contribution in [0.4, 0.5) is 0 Å². The molecule has 3 rings (SSSR count). The second-order valence-electron chi connectivity index (χ2n) is 5.68. The molecule has 0 N–H and O–H groups in total. The van der Waals surface area contributed by atoms with Gasteiger partial charge in [0.05, 0.1) is 0 Å². The van der Waals surface area contributed by atoms with Crippen molar-refractivity contribution in [2.75, 3.05) is 0 Å². The minimum atomic E-state index is 0.485. The lowest BCUT2D eigenvalue weighted by molar-refractivity contribution is 0.781. The lowest BCUT2D eigenvalue weighted by atomic mass is 9.99. The molecular formula is C18H19Br. The van der Waals surface area contributed by atoms with Gasteiger partial charge in [0.2, 0.25) is 0 Å². The van der Waals surface area contributed by atoms with Crippen LogP contribution in [-0.4, -0.2) is 0 Å². The van der Waals surface area contributed by atoms with E-state index in [0.29, 0.717) is 4.83 Å². The van der Waals surface area contributed by atoms with Gasteiger partial charge in [0, 0.05) is 4.83 Å². The largest absolute Gasteiger partial charge is 0.0835 e. The van der Waals surface area contributed by atoms with E-state index in [1.165, 1.54) is 28.7 Å². The van der Waals surface area contributed by atoms with Crippen molar-refractivity contribution < 1.29 is 0 Å². The van der Waals surface area contributed by atoms with Crippen molar-refractivity contribution >= 4 is 15.9 Å². The molecule has 3 atom stereocenters. The molecule has 1 heteroatoms. The number of hydrogen-bond acceptors (Lipinski definition) is 0. The van der Waals surface area contributed by atoms with Crippen molar-refractivity contribution in [3.8, 4) is 0 Å². The van der Waals surface area contributed by atoms with Gasteiger partial charge in [-0.3, -0.25) is 0 Å². The Morgan fingerprint density at radius 2 is 1.79 bits per heavy atom. The lowest BCUT2D eigenvalue weighted by Gasteiger charge is -2.14.